The molecule has 0 N–H and O–H groups in total. The number of amides is 1. The molecule has 1 amide bonds. The maximum absolute atomic E-state index is 13.1. The summed E-state index contributed by atoms with van der Waals surface area (Å²) in [4.78, 5) is 14.5. The molecule has 124 valence electrons. The number of carbonyl (C=O) groups is 1. The minimum absolute atomic E-state index is 0.0489. The summed E-state index contributed by atoms with van der Waals surface area (Å²) in [5, 5.41) is 0. The molecule has 2 nitrogen and oxygen atoms in total. The van der Waals surface area contributed by atoms with Gasteiger partial charge in [-0.1, -0.05) is 48.9 Å². The first kappa shape index (κ1) is 16.4. The standard InChI is InChI=1S/C21H22FNO/c22-20-12-10-18(11-13-20)19-8-4-5-15-23(16-19)21(24)14-9-17-6-2-1-3-7-17/h1-3,6-7,9-14,19H,4-5,8,15-16H2/b14-9+. The highest BCUT2D eigenvalue weighted by Gasteiger charge is 2.22. The van der Waals surface area contributed by atoms with E-state index in [2.05, 4.69) is 0 Å². The molecule has 1 fully saturated rings. The Morgan fingerprint density at radius 2 is 1.79 bits per heavy atom. The highest BCUT2D eigenvalue weighted by Crippen LogP contribution is 2.26. The van der Waals surface area contributed by atoms with Crippen LogP contribution in [0.4, 0.5) is 4.39 Å². The lowest BCUT2D eigenvalue weighted by Gasteiger charge is -2.23. The molecule has 2 aromatic rings. The topological polar surface area (TPSA) is 20.3 Å². The molecule has 1 aliphatic rings. The monoisotopic (exact) mass is 323 g/mol. The van der Waals surface area contributed by atoms with E-state index in [4.69, 9.17) is 0 Å². The minimum Gasteiger partial charge on any atom is -0.339 e. The third-order valence-corrected chi connectivity index (χ3v) is 4.54. The van der Waals surface area contributed by atoms with Crippen molar-refractivity contribution in [3.05, 3.63) is 77.6 Å². The predicted molar refractivity (Wildman–Crippen MR) is 95.0 cm³/mol. The Balaban J connectivity index is 1.69. The molecule has 0 bridgehead atoms. The van der Waals surface area contributed by atoms with Gasteiger partial charge in [-0.2, -0.15) is 0 Å². The number of likely N-dealkylation sites (tertiary alicyclic amines) is 1. The van der Waals surface area contributed by atoms with Gasteiger partial charge < -0.3 is 4.90 Å². The molecular formula is C21H22FNO. The van der Waals surface area contributed by atoms with Crippen molar-refractivity contribution in [1.29, 1.82) is 0 Å². The Bertz CT molecular complexity index is 694. The molecule has 3 rings (SSSR count). The van der Waals surface area contributed by atoms with Gasteiger partial charge in [-0.05, 0) is 42.2 Å². The van der Waals surface area contributed by atoms with Crippen molar-refractivity contribution in [2.75, 3.05) is 13.1 Å². The SMILES string of the molecule is O=C(/C=C/c1ccccc1)N1CCCCC(c2ccc(F)cc2)C1. The largest absolute Gasteiger partial charge is 0.339 e. The number of halogens is 1. The Morgan fingerprint density at radius 1 is 1.04 bits per heavy atom. The van der Waals surface area contributed by atoms with E-state index in [1.807, 2.05) is 53.4 Å². The fourth-order valence-electron chi connectivity index (χ4n) is 3.19. The highest BCUT2D eigenvalue weighted by atomic mass is 19.1. The third kappa shape index (κ3) is 4.31. The molecule has 1 heterocycles. The van der Waals surface area contributed by atoms with Crippen LogP contribution < -0.4 is 0 Å². The number of carbonyl (C=O) groups excluding carboxylic acids is 1. The van der Waals surface area contributed by atoms with Crippen LogP contribution in [0.25, 0.3) is 6.08 Å². The molecule has 24 heavy (non-hydrogen) atoms. The molecule has 0 radical (unpaired) electrons. The van der Waals surface area contributed by atoms with Crippen LogP contribution in [0.1, 0.15) is 36.3 Å². The molecule has 1 saturated heterocycles. The van der Waals surface area contributed by atoms with E-state index in [0.717, 1.165) is 36.9 Å². The van der Waals surface area contributed by atoms with Gasteiger partial charge in [0.15, 0.2) is 0 Å². The fraction of sp³-hybridized carbons (Fsp3) is 0.286. The van der Waals surface area contributed by atoms with Crippen LogP contribution in [0.3, 0.4) is 0 Å². The molecule has 0 spiro atoms. The summed E-state index contributed by atoms with van der Waals surface area (Å²) >= 11 is 0. The van der Waals surface area contributed by atoms with Crippen molar-refractivity contribution in [3.63, 3.8) is 0 Å². The van der Waals surface area contributed by atoms with Gasteiger partial charge in [0.1, 0.15) is 5.82 Å². The van der Waals surface area contributed by atoms with E-state index in [1.54, 1.807) is 6.08 Å². The van der Waals surface area contributed by atoms with Crippen LogP contribution in [0, 0.1) is 5.82 Å². The van der Waals surface area contributed by atoms with Crippen molar-refractivity contribution < 1.29 is 9.18 Å². The number of rotatable bonds is 3. The molecule has 0 aliphatic carbocycles. The Labute approximate surface area is 142 Å². The van der Waals surface area contributed by atoms with Crippen molar-refractivity contribution in [2.24, 2.45) is 0 Å². The van der Waals surface area contributed by atoms with Crippen molar-refractivity contribution in [2.45, 2.75) is 25.2 Å². The normalized spacial score (nSPS) is 18.5. The quantitative estimate of drug-likeness (QED) is 0.754. The van der Waals surface area contributed by atoms with Crippen LogP contribution in [-0.2, 0) is 4.79 Å². The maximum atomic E-state index is 13.1. The Kier molecular flexibility index (Phi) is 5.42. The smallest absolute Gasteiger partial charge is 0.246 e. The summed E-state index contributed by atoms with van der Waals surface area (Å²) in [7, 11) is 0. The lowest BCUT2D eigenvalue weighted by molar-refractivity contribution is -0.126. The summed E-state index contributed by atoms with van der Waals surface area (Å²) in [5.74, 6) is 0.112. The summed E-state index contributed by atoms with van der Waals surface area (Å²) in [5.41, 5.74) is 2.14. The lowest BCUT2D eigenvalue weighted by atomic mass is 9.94. The number of benzene rings is 2. The predicted octanol–water partition coefficient (Wildman–Crippen LogP) is 4.64. The molecule has 1 unspecified atom stereocenters. The average Bonchev–Trinajstić information content (AvgIpc) is 2.87. The lowest BCUT2D eigenvalue weighted by Crippen LogP contribution is -2.32. The van der Waals surface area contributed by atoms with Gasteiger partial charge in [0.05, 0.1) is 0 Å². The first-order chi connectivity index (χ1) is 11.7. The van der Waals surface area contributed by atoms with Gasteiger partial charge in [-0.25, -0.2) is 4.39 Å². The van der Waals surface area contributed by atoms with E-state index in [0.29, 0.717) is 6.54 Å². The van der Waals surface area contributed by atoms with Crippen LogP contribution in [0.2, 0.25) is 0 Å². The second kappa shape index (κ2) is 7.91. The van der Waals surface area contributed by atoms with Gasteiger partial charge in [-0.3, -0.25) is 4.79 Å². The van der Waals surface area contributed by atoms with Crippen LogP contribution in [0.5, 0.6) is 0 Å². The van der Waals surface area contributed by atoms with Crippen molar-refractivity contribution >= 4 is 12.0 Å². The third-order valence-electron chi connectivity index (χ3n) is 4.54. The van der Waals surface area contributed by atoms with Crippen molar-refractivity contribution in [3.8, 4) is 0 Å². The van der Waals surface area contributed by atoms with E-state index >= 15 is 0 Å². The van der Waals surface area contributed by atoms with E-state index in [9.17, 15) is 9.18 Å². The number of hydrogen-bond acceptors (Lipinski definition) is 1. The van der Waals surface area contributed by atoms with Gasteiger partial charge in [-0.15, -0.1) is 0 Å². The molecule has 0 saturated carbocycles. The Hall–Kier alpha value is -2.42. The Morgan fingerprint density at radius 3 is 2.54 bits per heavy atom. The van der Waals surface area contributed by atoms with Crippen molar-refractivity contribution in [1.82, 2.24) is 4.90 Å². The van der Waals surface area contributed by atoms with Crippen LogP contribution in [0.15, 0.2) is 60.7 Å². The average molecular weight is 323 g/mol. The first-order valence-corrected chi connectivity index (χ1v) is 8.50. The minimum atomic E-state index is -0.217. The van der Waals surface area contributed by atoms with Crippen LogP contribution >= 0.6 is 0 Å². The summed E-state index contributed by atoms with van der Waals surface area (Å²) in [6.07, 6.45) is 6.66. The fourth-order valence-corrected chi connectivity index (χ4v) is 3.19. The van der Waals surface area contributed by atoms with Crippen LogP contribution in [-0.4, -0.2) is 23.9 Å². The second-order valence-corrected chi connectivity index (χ2v) is 6.27. The molecule has 2 aromatic carbocycles. The molecule has 0 aromatic heterocycles. The number of hydrogen-bond donors (Lipinski definition) is 0. The van der Waals surface area contributed by atoms with Gasteiger partial charge in [0, 0.05) is 25.1 Å². The number of nitrogens with zero attached hydrogens (tertiary/aromatic N) is 1. The maximum Gasteiger partial charge on any atom is 0.246 e. The molecular weight excluding hydrogens is 301 g/mol. The van der Waals surface area contributed by atoms with Gasteiger partial charge >= 0.3 is 0 Å². The summed E-state index contributed by atoms with van der Waals surface area (Å²) < 4.78 is 13.1. The second-order valence-electron chi connectivity index (χ2n) is 6.27. The van der Waals surface area contributed by atoms with E-state index in [1.165, 1.54) is 12.1 Å². The molecule has 1 atom stereocenters. The van der Waals surface area contributed by atoms with Gasteiger partial charge in [0.25, 0.3) is 0 Å². The molecule has 1 aliphatic heterocycles. The first-order valence-electron chi connectivity index (χ1n) is 8.50. The van der Waals surface area contributed by atoms with Gasteiger partial charge in [0.2, 0.25) is 5.91 Å². The summed E-state index contributed by atoms with van der Waals surface area (Å²) in [6.45, 7) is 1.49. The molecule has 3 heteroatoms. The van der Waals surface area contributed by atoms with E-state index in [-0.39, 0.29) is 17.6 Å². The summed E-state index contributed by atoms with van der Waals surface area (Å²) in [6, 6.07) is 16.5. The zero-order valence-electron chi connectivity index (χ0n) is 13.7. The zero-order chi connectivity index (χ0) is 16.8. The van der Waals surface area contributed by atoms with E-state index < -0.39 is 0 Å². The highest BCUT2D eigenvalue weighted by molar-refractivity contribution is 5.91. The zero-order valence-corrected chi connectivity index (χ0v) is 13.7.